The maximum atomic E-state index is 12.2. The number of fused-ring (bicyclic) bond motifs is 1. The molecule has 0 aromatic carbocycles. The Balaban J connectivity index is 1.78. The summed E-state index contributed by atoms with van der Waals surface area (Å²) in [5.41, 5.74) is 6.78. The number of nitro groups is 1. The Bertz CT molecular complexity index is 858. The van der Waals surface area contributed by atoms with Crippen LogP contribution in [-0.2, 0) is 24.2 Å². The molecule has 0 bridgehead atoms. The second kappa shape index (κ2) is 6.59. The van der Waals surface area contributed by atoms with Crippen LogP contribution in [0.25, 0.3) is 0 Å². The predicted octanol–water partition coefficient (Wildman–Crippen LogP) is 1.11. The zero-order valence-electron chi connectivity index (χ0n) is 13.4. The Labute approximate surface area is 146 Å². The van der Waals surface area contributed by atoms with Crippen LogP contribution >= 0.6 is 11.3 Å². The van der Waals surface area contributed by atoms with E-state index in [-0.39, 0.29) is 6.54 Å². The minimum absolute atomic E-state index is 0.252. The van der Waals surface area contributed by atoms with Crippen molar-refractivity contribution >= 4 is 34.1 Å². The van der Waals surface area contributed by atoms with Gasteiger partial charge >= 0.3 is 5.95 Å². The van der Waals surface area contributed by atoms with Gasteiger partial charge in [-0.05, 0) is 35.7 Å². The number of nitrogens with two attached hydrogens (primary N) is 1. The number of nitrogens with zero attached hydrogens (tertiary/aromatic N) is 4. The van der Waals surface area contributed by atoms with Gasteiger partial charge in [0.05, 0.1) is 5.56 Å². The topological polar surface area (TPSA) is 146 Å². The van der Waals surface area contributed by atoms with E-state index in [0.717, 1.165) is 40.7 Å². The van der Waals surface area contributed by atoms with Crippen LogP contribution in [0.5, 0.6) is 0 Å². The molecular weight excluding hydrogens is 348 g/mol. The van der Waals surface area contributed by atoms with Crippen molar-refractivity contribution in [2.24, 2.45) is 11.7 Å². The lowest BCUT2D eigenvalue weighted by Crippen LogP contribution is -2.22. The van der Waals surface area contributed by atoms with E-state index in [4.69, 9.17) is 5.73 Å². The van der Waals surface area contributed by atoms with E-state index in [2.05, 4.69) is 22.3 Å². The van der Waals surface area contributed by atoms with Gasteiger partial charge in [-0.25, -0.2) is 0 Å². The van der Waals surface area contributed by atoms with E-state index >= 15 is 0 Å². The summed E-state index contributed by atoms with van der Waals surface area (Å²) in [6.45, 7) is 1.89. The summed E-state index contributed by atoms with van der Waals surface area (Å²) in [5.74, 6) is -1.09. The molecule has 0 aliphatic heterocycles. The number of nitrogens with one attached hydrogen (secondary N) is 1. The molecule has 0 saturated heterocycles. The number of carbonyl (C=O) groups is 2. The monoisotopic (exact) mass is 364 g/mol. The van der Waals surface area contributed by atoms with Crippen LogP contribution < -0.4 is 11.1 Å². The van der Waals surface area contributed by atoms with Gasteiger partial charge in [0.15, 0.2) is 0 Å². The minimum atomic E-state index is -0.742. The highest BCUT2D eigenvalue weighted by Crippen LogP contribution is 2.39. The maximum Gasteiger partial charge on any atom is 0.490 e. The fourth-order valence-corrected chi connectivity index (χ4v) is 4.29. The molecule has 3 rings (SSSR count). The molecule has 1 aliphatic rings. The van der Waals surface area contributed by atoms with Crippen LogP contribution in [0.3, 0.4) is 0 Å². The molecule has 11 heteroatoms. The van der Waals surface area contributed by atoms with Gasteiger partial charge in [-0.3, -0.25) is 9.59 Å². The van der Waals surface area contributed by atoms with Crippen molar-refractivity contribution in [3.63, 3.8) is 0 Å². The van der Waals surface area contributed by atoms with Gasteiger partial charge in [-0.2, -0.15) is 4.68 Å². The summed E-state index contributed by atoms with van der Waals surface area (Å²) in [4.78, 5) is 38.4. The molecule has 10 nitrogen and oxygen atoms in total. The molecule has 0 saturated carbocycles. The van der Waals surface area contributed by atoms with Gasteiger partial charge in [0.25, 0.3) is 5.91 Å². The number of primary amides is 1. The highest BCUT2D eigenvalue weighted by Gasteiger charge is 2.27. The Hall–Kier alpha value is -2.82. The van der Waals surface area contributed by atoms with Gasteiger partial charge < -0.3 is 21.2 Å². The summed E-state index contributed by atoms with van der Waals surface area (Å²) >= 11 is 1.36. The second-order valence-corrected chi connectivity index (χ2v) is 7.07. The van der Waals surface area contributed by atoms with Crippen LogP contribution in [-0.4, -0.2) is 31.5 Å². The number of aromatic nitrogens is 3. The third-order valence-corrected chi connectivity index (χ3v) is 5.17. The van der Waals surface area contributed by atoms with Crippen LogP contribution in [0.1, 0.15) is 34.1 Å². The molecule has 2 aromatic heterocycles. The first-order chi connectivity index (χ1) is 11.8. The van der Waals surface area contributed by atoms with Crippen molar-refractivity contribution in [1.29, 1.82) is 0 Å². The molecule has 3 N–H and O–H groups in total. The summed E-state index contributed by atoms with van der Waals surface area (Å²) in [7, 11) is 0. The van der Waals surface area contributed by atoms with Gasteiger partial charge in [-0.15, -0.1) is 11.3 Å². The van der Waals surface area contributed by atoms with Crippen LogP contribution in [0.4, 0.5) is 10.9 Å². The SMILES string of the molecule is C[C@H]1CCc2c(sc(NC(=O)Cn3cnc([N+](=O)[O-])n3)c2C(N)=O)C1. The number of carbonyl (C=O) groups excluding carboxylic acids is 2. The third kappa shape index (κ3) is 3.50. The van der Waals surface area contributed by atoms with E-state index in [1.165, 1.54) is 11.3 Å². The molecule has 1 aliphatic carbocycles. The van der Waals surface area contributed by atoms with Crippen LogP contribution in [0, 0.1) is 16.0 Å². The normalized spacial score (nSPS) is 16.3. The first-order valence-corrected chi connectivity index (χ1v) is 8.44. The molecule has 0 unspecified atom stereocenters. The molecule has 2 aromatic rings. The summed E-state index contributed by atoms with van der Waals surface area (Å²) < 4.78 is 1.06. The maximum absolute atomic E-state index is 12.2. The average Bonchev–Trinajstić information content (AvgIpc) is 3.10. The molecule has 2 heterocycles. The standard InChI is InChI=1S/C14H16N6O4S/c1-7-2-3-8-9(4-7)25-13(11(8)12(15)22)17-10(21)5-19-6-16-14(18-19)20(23)24/h6-7H,2-5H2,1H3,(H2,15,22)(H,17,21)/t7-/m0/s1. The third-order valence-electron chi connectivity index (χ3n) is 4.00. The Morgan fingerprint density at radius 1 is 1.56 bits per heavy atom. The van der Waals surface area contributed by atoms with Crippen LogP contribution in [0.15, 0.2) is 6.33 Å². The zero-order chi connectivity index (χ0) is 18.1. The zero-order valence-corrected chi connectivity index (χ0v) is 14.2. The minimum Gasteiger partial charge on any atom is -0.390 e. The van der Waals surface area contributed by atoms with Crippen molar-refractivity contribution in [2.45, 2.75) is 32.7 Å². The fourth-order valence-electron chi connectivity index (χ4n) is 2.86. The molecule has 2 amide bonds. The molecule has 25 heavy (non-hydrogen) atoms. The van der Waals surface area contributed by atoms with E-state index in [0.29, 0.717) is 16.5 Å². The molecule has 1 atom stereocenters. The predicted molar refractivity (Wildman–Crippen MR) is 89.3 cm³/mol. The average molecular weight is 364 g/mol. The highest BCUT2D eigenvalue weighted by molar-refractivity contribution is 7.17. The van der Waals surface area contributed by atoms with Gasteiger partial charge in [-0.1, -0.05) is 11.9 Å². The number of rotatable bonds is 5. The first-order valence-electron chi connectivity index (χ1n) is 7.63. The molecule has 0 radical (unpaired) electrons. The van der Waals surface area contributed by atoms with Gasteiger partial charge in [0.1, 0.15) is 11.5 Å². The first kappa shape index (κ1) is 17.0. The number of thiophene rings is 1. The largest absolute Gasteiger partial charge is 0.490 e. The molecular formula is C14H16N6O4S. The summed E-state index contributed by atoms with van der Waals surface area (Å²) in [5, 5.41) is 17.2. The van der Waals surface area contributed by atoms with Crippen molar-refractivity contribution in [3.05, 3.63) is 32.4 Å². The Morgan fingerprint density at radius 2 is 2.32 bits per heavy atom. The second-order valence-electron chi connectivity index (χ2n) is 5.97. The van der Waals surface area contributed by atoms with E-state index in [1.54, 1.807) is 0 Å². The number of hydrogen-bond acceptors (Lipinski definition) is 7. The fraction of sp³-hybridized carbons (Fsp3) is 0.429. The number of anilines is 1. The van der Waals surface area contributed by atoms with Gasteiger partial charge in [0, 0.05) is 9.98 Å². The van der Waals surface area contributed by atoms with Crippen molar-refractivity contribution in [2.75, 3.05) is 5.32 Å². The smallest absolute Gasteiger partial charge is 0.390 e. The summed E-state index contributed by atoms with van der Waals surface area (Å²) in [6, 6.07) is 0. The quantitative estimate of drug-likeness (QED) is 0.600. The summed E-state index contributed by atoms with van der Waals surface area (Å²) in [6.07, 6.45) is 3.69. The Kier molecular flexibility index (Phi) is 4.49. The van der Waals surface area contributed by atoms with E-state index < -0.39 is 22.7 Å². The lowest BCUT2D eigenvalue weighted by atomic mass is 9.88. The Morgan fingerprint density at radius 3 is 2.96 bits per heavy atom. The van der Waals surface area contributed by atoms with Crippen molar-refractivity contribution in [1.82, 2.24) is 14.8 Å². The van der Waals surface area contributed by atoms with Gasteiger partial charge in [0.2, 0.25) is 12.2 Å². The highest BCUT2D eigenvalue weighted by atomic mass is 32.1. The lowest BCUT2D eigenvalue weighted by Gasteiger charge is -2.18. The van der Waals surface area contributed by atoms with E-state index in [1.807, 2.05) is 0 Å². The number of hydrogen-bond donors (Lipinski definition) is 2. The van der Waals surface area contributed by atoms with Crippen LogP contribution in [0.2, 0.25) is 0 Å². The molecule has 0 fully saturated rings. The van der Waals surface area contributed by atoms with E-state index in [9.17, 15) is 19.7 Å². The number of amides is 2. The molecule has 0 spiro atoms. The lowest BCUT2D eigenvalue weighted by molar-refractivity contribution is -0.394. The molecule has 132 valence electrons. The van der Waals surface area contributed by atoms with Crippen molar-refractivity contribution in [3.8, 4) is 0 Å². The van der Waals surface area contributed by atoms with Crippen molar-refractivity contribution < 1.29 is 14.5 Å².